The molecule has 0 bridgehead atoms. The smallest absolute Gasteiger partial charge is 0.312 e. The molecule has 1 saturated heterocycles. The van der Waals surface area contributed by atoms with Crippen molar-refractivity contribution in [2.75, 3.05) is 13.3 Å². The summed E-state index contributed by atoms with van der Waals surface area (Å²) in [6.45, 7) is 0. The molecule has 1 aliphatic heterocycles. The zero-order valence-electron chi connectivity index (χ0n) is 7.40. The lowest BCUT2D eigenvalue weighted by Gasteiger charge is -2.28. The van der Waals surface area contributed by atoms with E-state index in [9.17, 15) is 4.57 Å². The zero-order chi connectivity index (χ0) is 9.90. The molecule has 70 valence electrons. The zero-order valence-corrected chi connectivity index (χ0v) is 8.29. The van der Waals surface area contributed by atoms with E-state index in [-0.39, 0.29) is 12.1 Å². The minimum absolute atomic E-state index is 0.111. The number of terminal acetylenes is 2. The Morgan fingerprint density at radius 1 is 1.54 bits per heavy atom. The fourth-order valence-corrected chi connectivity index (χ4v) is 2.87. The molecule has 1 rings (SSSR count). The Morgan fingerprint density at radius 3 is 2.69 bits per heavy atom. The highest BCUT2D eigenvalue weighted by Gasteiger charge is 2.36. The van der Waals surface area contributed by atoms with E-state index < -0.39 is 13.7 Å². The van der Waals surface area contributed by atoms with Crippen LogP contribution in [0.5, 0.6) is 0 Å². The molecule has 0 spiro atoms. The molecule has 1 heterocycles. The molecule has 0 aromatic rings. The molecule has 1 aliphatic rings. The Morgan fingerprint density at radius 2 is 2.23 bits per heavy atom. The number of hydrogen-bond acceptors (Lipinski definition) is 3. The predicted molar refractivity (Wildman–Crippen MR) is 50.1 cm³/mol. The molecule has 0 aromatic heterocycles. The van der Waals surface area contributed by atoms with Crippen molar-refractivity contribution in [3.05, 3.63) is 0 Å². The highest BCUT2D eigenvalue weighted by Crippen LogP contribution is 2.54. The summed E-state index contributed by atoms with van der Waals surface area (Å²) in [5.41, 5.74) is 0. The molecule has 0 radical (unpaired) electrons. The van der Waals surface area contributed by atoms with Gasteiger partial charge in [0, 0.05) is 13.0 Å². The maximum Gasteiger partial charge on any atom is 0.332 e. The summed E-state index contributed by atoms with van der Waals surface area (Å²) in [5.74, 6) is 4.81. The van der Waals surface area contributed by atoms with Gasteiger partial charge in [0.05, 0.1) is 6.16 Å². The molecule has 4 heteroatoms. The standard InChI is InChI=1S/C9H11O3P/c1-4-8-6-9(5-2)12-13(10,7-8)11-3/h1-2,8-9H,6-7H2,3H3. The van der Waals surface area contributed by atoms with Crippen LogP contribution in [0.1, 0.15) is 6.42 Å². The van der Waals surface area contributed by atoms with Crippen LogP contribution in [-0.4, -0.2) is 19.4 Å². The normalized spacial score (nSPS) is 39.0. The molecule has 3 unspecified atom stereocenters. The monoisotopic (exact) mass is 198 g/mol. The summed E-state index contributed by atoms with van der Waals surface area (Å²) in [7, 11) is -1.68. The van der Waals surface area contributed by atoms with Crippen molar-refractivity contribution >= 4 is 7.60 Å². The molecular weight excluding hydrogens is 187 g/mol. The third-order valence-electron chi connectivity index (χ3n) is 1.93. The third-order valence-corrected chi connectivity index (χ3v) is 3.95. The van der Waals surface area contributed by atoms with E-state index in [4.69, 9.17) is 21.9 Å². The topological polar surface area (TPSA) is 35.5 Å². The Hall–Kier alpha value is -0.730. The second-order valence-corrected chi connectivity index (χ2v) is 5.00. The SMILES string of the molecule is C#CC1CC(C#C)OP(=O)(OC)C1. The van der Waals surface area contributed by atoms with Gasteiger partial charge in [0.2, 0.25) is 0 Å². The molecule has 0 saturated carbocycles. The first-order valence-electron chi connectivity index (χ1n) is 3.89. The molecule has 1 fully saturated rings. The van der Waals surface area contributed by atoms with Crippen LogP contribution in [0.25, 0.3) is 0 Å². The second-order valence-electron chi connectivity index (χ2n) is 2.84. The van der Waals surface area contributed by atoms with E-state index in [0.717, 1.165) is 0 Å². The van der Waals surface area contributed by atoms with Crippen LogP contribution in [0.4, 0.5) is 0 Å². The minimum atomic E-state index is -3.02. The molecular formula is C9H11O3P. The lowest BCUT2D eigenvalue weighted by atomic mass is 10.1. The van der Waals surface area contributed by atoms with Crippen LogP contribution in [0.15, 0.2) is 0 Å². The third kappa shape index (κ3) is 2.36. The Kier molecular flexibility index (Phi) is 3.17. The van der Waals surface area contributed by atoms with Crippen molar-refractivity contribution in [3.63, 3.8) is 0 Å². The van der Waals surface area contributed by atoms with Crippen molar-refractivity contribution < 1.29 is 13.6 Å². The van der Waals surface area contributed by atoms with Gasteiger partial charge in [-0.25, -0.2) is 0 Å². The molecule has 0 amide bonds. The van der Waals surface area contributed by atoms with Gasteiger partial charge in [-0.05, 0) is 6.42 Å². The van der Waals surface area contributed by atoms with Crippen LogP contribution >= 0.6 is 7.60 Å². The van der Waals surface area contributed by atoms with Crippen LogP contribution < -0.4 is 0 Å². The van der Waals surface area contributed by atoms with E-state index in [1.54, 1.807) is 0 Å². The Balaban J connectivity index is 2.79. The van der Waals surface area contributed by atoms with E-state index in [0.29, 0.717) is 6.42 Å². The molecule has 3 atom stereocenters. The van der Waals surface area contributed by atoms with E-state index in [2.05, 4.69) is 11.8 Å². The Labute approximate surface area is 78.3 Å². The number of hydrogen-bond donors (Lipinski definition) is 0. The molecule has 0 aromatic carbocycles. The van der Waals surface area contributed by atoms with Crippen molar-refractivity contribution in [1.82, 2.24) is 0 Å². The van der Waals surface area contributed by atoms with Crippen LogP contribution in [0, 0.1) is 30.6 Å². The van der Waals surface area contributed by atoms with E-state index in [1.807, 2.05) is 0 Å². The maximum atomic E-state index is 11.7. The summed E-state index contributed by atoms with van der Waals surface area (Å²) in [6, 6.07) is 0. The first kappa shape index (κ1) is 10.4. The van der Waals surface area contributed by atoms with Crippen LogP contribution in [-0.2, 0) is 13.6 Å². The largest absolute Gasteiger partial charge is 0.332 e. The van der Waals surface area contributed by atoms with Crippen LogP contribution in [0.3, 0.4) is 0 Å². The maximum absolute atomic E-state index is 11.7. The molecule has 3 nitrogen and oxygen atoms in total. The van der Waals surface area contributed by atoms with Gasteiger partial charge in [0.25, 0.3) is 0 Å². The van der Waals surface area contributed by atoms with Gasteiger partial charge >= 0.3 is 7.60 Å². The van der Waals surface area contributed by atoms with Crippen molar-refractivity contribution in [3.8, 4) is 24.7 Å². The van der Waals surface area contributed by atoms with Crippen molar-refractivity contribution in [1.29, 1.82) is 0 Å². The highest BCUT2D eigenvalue weighted by atomic mass is 31.2. The van der Waals surface area contributed by atoms with Gasteiger partial charge in [-0.3, -0.25) is 9.09 Å². The first-order chi connectivity index (χ1) is 6.13. The first-order valence-corrected chi connectivity index (χ1v) is 5.62. The summed E-state index contributed by atoms with van der Waals surface area (Å²) in [5, 5.41) is 0. The quantitative estimate of drug-likeness (QED) is 0.473. The molecule has 0 aliphatic carbocycles. The van der Waals surface area contributed by atoms with Gasteiger partial charge < -0.3 is 4.52 Å². The average molecular weight is 198 g/mol. The summed E-state index contributed by atoms with van der Waals surface area (Å²) in [4.78, 5) is 0. The predicted octanol–water partition coefficient (Wildman–Crippen LogP) is 1.50. The van der Waals surface area contributed by atoms with Gasteiger partial charge in [-0.15, -0.1) is 18.8 Å². The molecule has 13 heavy (non-hydrogen) atoms. The summed E-state index contributed by atoms with van der Waals surface area (Å²) in [6.07, 6.45) is 10.8. The van der Waals surface area contributed by atoms with E-state index >= 15 is 0 Å². The Bertz CT molecular complexity index is 284. The lowest BCUT2D eigenvalue weighted by Crippen LogP contribution is -2.24. The van der Waals surface area contributed by atoms with Gasteiger partial charge in [-0.1, -0.05) is 5.92 Å². The highest BCUT2D eigenvalue weighted by molar-refractivity contribution is 7.53. The van der Waals surface area contributed by atoms with E-state index in [1.165, 1.54) is 7.11 Å². The number of rotatable bonds is 1. The van der Waals surface area contributed by atoms with Crippen LogP contribution in [0.2, 0.25) is 0 Å². The summed E-state index contributed by atoms with van der Waals surface area (Å²) < 4.78 is 21.6. The molecule has 0 N–H and O–H groups in total. The van der Waals surface area contributed by atoms with Gasteiger partial charge in [0.15, 0.2) is 0 Å². The van der Waals surface area contributed by atoms with Gasteiger partial charge in [-0.2, -0.15) is 0 Å². The fraction of sp³-hybridized carbons (Fsp3) is 0.556. The average Bonchev–Trinajstić information content (AvgIpc) is 2.17. The van der Waals surface area contributed by atoms with Crippen molar-refractivity contribution in [2.45, 2.75) is 12.5 Å². The fourth-order valence-electron chi connectivity index (χ4n) is 1.22. The minimum Gasteiger partial charge on any atom is -0.312 e. The second kappa shape index (κ2) is 3.99. The van der Waals surface area contributed by atoms with Gasteiger partial charge in [0.1, 0.15) is 6.10 Å². The lowest BCUT2D eigenvalue weighted by molar-refractivity contribution is 0.162. The van der Waals surface area contributed by atoms with Crippen molar-refractivity contribution in [2.24, 2.45) is 5.92 Å². The summed E-state index contributed by atoms with van der Waals surface area (Å²) >= 11 is 0.